The molecule has 8 nitrogen and oxygen atoms in total. The maximum atomic E-state index is 14.9. The zero-order chi connectivity index (χ0) is 23.7. The zero-order valence-electron chi connectivity index (χ0n) is 17.2. The number of halogens is 3. The van der Waals surface area contributed by atoms with Crippen molar-refractivity contribution in [1.29, 1.82) is 0 Å². The van der Waals surface area contributed by atoms with Gasteiger partial charge in [-0.3, -0.25) is 9.78 Å². The fourth-order valence-electron chi connectivity index (χ4n) is 3.22. The normalized spacial score (nSPS) is 10.8. The number of hydrogen-bond acceptors (Lipinski definition) is 7. The number of amides is 1. The number of rotatable bonds is 6. The van der Waals surface area contributed by atoms with Crippen LogP contribution in [0.15, 0.2) is 42.7 Å². The number of carbonyl (C=O) groups excluding carboxylic acids is 1. The molecule has 3 aromatic heterocycles. The van der Waals surface area contributed by atoms with E-state index in [1.807, 2.05) is 0 Å². The SMILES string of the molecule is COc1cc2nccc(Oc3c(F)cc(-c4ccnc(F)c4C(N)=O)cc3F)c2nc1OC. The minimum absolute atomic E-state index is 0.000663. The van der Waals surface area contributed by atoms with Crippen LogP contribution in [-0.2, 0) is 0 Å². The molecule has 0 radical (unpaired) electrons. The molecule has 0 fully saturated rings. The summed E-state index contributed by atoms with van der Waals surface area (Å²) in [6.45, 7) is 0. The second-order valence-corrected chi connectivity index (χ2v) is 6.64. The molecule has 168 valence electrons. The van der Waals surface area contributed by atoms with Crippen molar-refractivity contribution in [2.75, 3.05) is 14.2 Å². The smallest absolute Gasteiger partial charge is 0.257 e. The Bertz CT molecular complexity index is 1370. The number of hydrogen-bond donors (Lipinski definition) is 1. The molecule has 0 atom stereocenters. The van der Waals surface area contributed by atoms with E-state index in [4.69, 9.17) is 19.9 Å². The molecule has 4 rings (SSSR count). The molecule has 0 saturated heterocycles. The third-order valence-corrected chi connectivity index (χ3v) is 4.69. The number of pyridine rings is 3. The first-order chi connectivity index (χ1) is 15.8. The Hall–Kier alpha value is -4.41. The van der Waals surface area contributed by atoms with Crippen LogP contribution in [0.5, 0.6) is 23.1 Å². The Morgan fingerprint density at radius 3 is 2.27 bits per heavy atom. The lowest BCUT2D eigenvalue weighted by Crippen LogP contribution is -2.15. The van der Waals surface area contributed by atoms with Gasteiger partial charge in [-0.25, -0.2) is 18.7 Å². The van der Waals surface area contributed by atoms with Crippen LogP contribution in [0, 0.1) is 17.6 Å². The van der Waals surface area contributed by atoms with Crippen molar-refractivity contribution in [2.24, 2.45) is 5.73 Å². The lowest BCUT2D eigenvalue weighted by atomic mass is 10.0. The summed E-state index contributed by atoms with van der Waals surface area (Å²) in [4.78, 5) is 23.4. The van der Waals surface area contributed by atoms with Gasteiger partial charge in [0.15, 0.2) is 28.9 Å². The summed E-state index contributed by atoms with van der Waals surface area (Å²) in [5.41, 5.74) is 4.87. The minimum atomic E-state index is -1.15. The average molecular weight is 456 g/mol. The van der Waals surface area contributed by atoms with Crippen molar-refractivity contribution >= 4 is 16.9 Å². The molecule has 1 amide bonds. The van der Waals surface area contributed by atoms with Crippen LogP contribution in [0.4, 0.5) is 13.2 Å². The number of methoxy groups -OCH3 is 2. The fraction of sp³-hybridized carbons (Fsp3) is 0.0909. The number of ether oxygens (including phenoxy) is 3. The van der Waals surface area contributed by atoms with Gasteiger partial charge in [-0.2, -0.15) is 4.39 Å². The molecule has 0 aliphatic rings. The Morgan fingerprint density at radius 1 is 0.939 bits per heavy atom. The van der Waals surface area contributed by atoms with Crippen LogP contribution in [0.25, 0.3) is 22.2 Å². The molecule has 33 heavy (non-hydrogen) atoms. The van der Waals surface area contributed by atoms with Gasteiger partial charge in [0.05, 0.1) is 19.7 Å². The molecular formula is C22H15F3N4O4. The van der Waals surface area contributed by atoms with Gasteiger partial charge in [-0.1, -0.05) is 0 Å². The summed E-state index contributed by atoms with van der Waals surface area (Å²) >= 11 is 0. The van der Waals surface area contributed by atoms with Crippen LogP contribution < -0.4 is 19.9 Å². The highest BCUT2D eigenvalue weighted by Gasteiger charge is 2.22. The van der Waals surface area contributed by atoms with E-state index in [1.165, 1.54) is 38.6 Å². The van der Waals surface area contributed by atoms with E-state index in [2.05, 4.69) is 15.0 Å². The van der Waals surface area contributed by atoms with Gasteiger partial charge in [0, 0.05) is 30.1 Å². The molecular weight excluding hydrogens is 441 g/mol. The first-order valence-electron chi connectivity index (χ1n) is 9.33. The van der Waals surface area contributed by atoms with Crippen molar-refractivity contribution in [2.45, 2.75) is 0 Å². The molecule has 0 unspecified atom stereocenters. The number of fused-ring (bicyclic) bond motifs is 1. The van der Waals surface area contributed by atoms with Gasteiger partial charge in [-0.05, 0) is 23.8 Å². The van der Waals surface area contributed by atoms with Gasteiger partial charge in [-0.15, -0.1) is 0 Å². The number of nitrogens with zero attached hydrogens (tertiary/aromatic N) is 3. The molecule has 0 aliphatic carbocycles. The van der Waals surface area contributed by atoms with Crippen LogP contribution in [-0.4, -0.2) is 35.1 Å². The first kappa shape index (κ1) is 21.8. The Morgan fingerprint density at radius 2 is 1.64 bits per heavy atom. The van der Waals surface area contributed by atoms with E-state index in [-0.39, 0.29) is 28.3 Å². The predicted octanol–water partition coefficient (Wildman–Crippen LogP) is 4.02. The largest absolute Gasteiger partial charge is 0.491 e. The van der Waals surface area contributed by atoms with Crippen molar-refractivity contribution in [1.82, 2.24) is 15.0 Å². The van der Waals surface area contributed by atoms with Gasteiger partial charge in [0.2, 0.25) is 5.95 Å². The van der Waals surface area contributed by atoms with Gasteiger partial charge >= 0.3 is 0 Å². The van der Waals surface area contributed by atoms with E-state index in [9.17, 15) is 18.0 Å². The van der Waals surface area contributed by atoms with Crippen molar-refractivity contribution in [3.8, 4) is 34.3 Å². The summed E-state index contributed by atoms with van der Waals surface area (Å²) in [5, 5.41) is 0. The number of benzene rings is 1. The molecule has 0 saturated carbocycles. The number of primary amides is 1. The molecule has 2 N–H and O–H groups in total. The van der Waals surface area contributed by atoms with Gasteiger partial charge in [0.1, 0.15) is 11.1 Å². The predicted molar refractivity (Wildman–Crippen MR) is 111 cm³/mol. The number of nitrogens with two attached hydrogens (primary N) is 1. The van der Waals surface area contributed by atoms with Crippen LogP contribution in [0.2, 0.25) is 0 Å². The molecule has 0 spiro atoms. The zero-order valence-corrected chi connectivity index (χ0v) is 17.2. The highest BCUT2D eigenvalue weighted by molar-refractivity contribution is 5.99. The first-order valence-corrected chi connectivity index (χ1v) is 9.33. The lowest BCUT2D eigenvalue weighted by Gasteiger charge is -2.13. The monoisotopic (exact) mass is 456 g/mol. The summed E-state index contributed by atoms with van der Waals surface area (Å²) in [7, 11) is 2.81. The van der Waals surface area contributed by atoms with Crippen LogP contribution in [0.1, 0.15) is 10.4 Å². The maximum Gasteiger partial charge on any atom is 0.257 e. The van der Waals surface area contributed by atoms with E-state index >= 15 is 0 Å². The van der Waals surface area contributed by atoms with E-state index in [0.717, 1.165) is 18.3 Å². The highest BCUT2D eigenvalue weighted by Crippen LogP contribution is 2.37. The van der Waals surface area contributed by atoms with E-state index < -0.39 is 34.8 Å². The number of carbonyl (C=O) groups is 1. The minimum Gasteiger partial charge on any atom is -0.491 e. The third kappa shape index (κ3) is 3.95. The fourth-order valence-corrected chi connectivity index (χ4v) is 3.22. The molecule has 0 bridgehead atoms. The van der Waals surface area contributed by atoms with E-state index in [0.29, 0.717) is 11.3 Å². The van der Waals surface area contributed by atoms with Gasteiger partial charge in [0.25, 0.3) is 11.8 Å². The van der Waals surface area contributed by atoms with Crippen molar-refractivity contribution < 1.29 is 32.2 Å². The standard InChI is InChI=1S/C22H15F3N4O4/c1-31-16-9-14-18(29-22(16)32-2)15(4-6-27-14)33-19-12(23)7-10(8-13(19)24)11-3-5-28-20(25)17(11)21(26)30/h3-9H,1-2H3,(H2,26,30). The Kier molecular flexibility index (Phi) is 5.69. The summed E-state index contributed by atoms with van der Waals surface area (Å²) in [6.07, 6.45) is 2.42. The quantitative estimate of drug-likeness (QED) is 0.437. The Balaban J connectivity index is 1.80. The van der Waals surface area contributed by atoms with Gasteiger partial charge < -0.3 is 19.9 Å². The van der Waals surface area contributed by atoms with Crippen molar-refractivity contribution in [3.05, 3.63) is 65.9 Å². The maximum absolute atomic E-state index is 14.9. The molecule has 0 aliphatic heterocycles. The molecule has 3 heterocycles. The van der Waals surface area contributed by atoms with E-state index in [1.54, 1.807) is 0 Å². The second kappa shape index (κ2) is 8.61. The second-order valence-electron chi connectivity index (χ2n) is 6.64. The number of aromatic nitrogens is 3. The van der Waals surface area contributed by atoms with Crippen molar-refractivity contribution in [3.63, 3.8) is 0 Å². The Labute approximate surface area is 184 Å². The topological polar surface area (TPSA) is 109 Å². The molecule has 1 aromatic carbocycles. The third-order valence-electron chi connectivity index (χ3n) is 4.69. The summed E-state index contributed by atoms with van der Waals surface area (Å²) in [5.74, 6) is -4.80. The summed E-state index contributed by atoms with van der Waals surface area (Å²) in [6, 6.07) is 5.91. The lowest BCUT2D eigenvalue weighted by molar-refractivity contribution is 0.0996. The van der Waals surface area contributed by atoms with Crippen LogP contribution >= 0.6 is 0 Å². The average Bonchev–Trinajstić information content (AvgIpc) is 2.79. The highest BCUT2D eigenvalue weighted by atomic mass is 19.1. The van der Waals surface area contributed by atoms with Crippen LogP contribution in [0.3, 0.4) is 0 Å². The molecule has 4 aromatic rings. The summed E-state index contributed by atoms with van der Waals surface area (Å²) < 4.78 is 59.6. The molecule has 11 heteroatoms.